The van der Waals surface area contributed by atoms with E-state index in [1.165, 1.54) is 5.56 Å². The smallest absolute Gasteiger partial charge is 0.325 e. The minimum Gasteiger partial charge on any atom is -0.459 e. The van der Waals surface area contributed by atoms with E-state index in [0.29, 0.717) is 18.8 Å². The van der Waals surface area contributed by atoms with E-state index in [9.17, 15) is 9.59 Å². The van der Waals surface area contributed by atoms with Crippen LogP contribution in [0.25, 0.3) is 0 Å². The number of aryl methyl sites for hydroxylation is 1. The van der Waals surface area contributed by atoms with Gasteiger partial charge in [-0.3, -0.25) is 9.59 Å². The first kappa shape index (κ1) is 18.2. The molecule has 0 atom stereocenters. The molecule has 122 valence electrons. The Morgan fingerprint density at radius 3 is 2.23 bits per heavy atom. The van der Waals surface area contributed by atoms with Crippen molar-refractivity contribution in [2.45, 2.75) is 59.0 Å². The molecule has 22 heavy (non-hydrogen) atoms. The number of benzene rings is 1. The lowest BCUT2D eigenvalue weighted by Gasteiger charge is -2.19. The molecule has 1 amide bonds. The summed E-state index contributed by atoms with van der Waals surface area (Å²) in [5.41, 5.74) is 1.88. The van der Waals surface area contributed by atoms with Crippen molar-refractivity contribution in [1.82, 2.24) is 5.32 Å². The molecular weight excluding hydrogens is 278 g/mol. The third-order valence-corrected chi connectivity index (χ3v) is 3.14. The third-order valence-electron chi connectivity index (χ3n) is 3.14. The van der Waals surface area contributed by atoms with Crippen molar-refractivity contribution < 1.29 is 14.3 Å². The number of ether oxygens (including phenoxy) is 1. The van der Waals surface area contributed by atoms with Gasteiger partial charge in [0.2, 0.25) is 5.91 Å². The molecular formula is C18H27NO3. The van der Waals surface area contributed by atoms with E-state index in [-0.39, 0.29) is 12.5 Å². The third kappa shape index (κ3) is 7.25. The molecule has 4 heteroatoms. The van der Waals surface area contributed by atoms with Gasteiger partial charge in [0.25, 0.3) is 0 Å². The van der Waals surface area contributed by atoms with Gasteiger partial charge in [-0.05, 0) is 44.2 Å². The number of carbonyl (C=O) groups is 2. The van der Waals surface area contributed by atoms with E-state index in [4.69, 9.17) is 4.74 Å². The fourth-order valence-corrected chi connectivity index (χ4v) is 1.96. The van der Waals surface area contributed by atoms with Crippen molar-refractivity contribution in [1.29, 1.82) is 0 Å². The molecule has 1 N–H and O–H groups in total. The number of carbonyl (C=O) groups excluding carboxylic acids is 2. The van der Waals surface area contributed by atoms with Crippen LogP contribution >= 0.6 is 0 Å². The number of esters is 1. The molecule has 0 bridgehead atoms. The highest BCUT2D eigenvalue weighted by atomic mass is 16.6. The van der Waals surface area contributed by atoms with Crippen molar-refractivity contribution in [2.24, 2.45) is 0 Å². The summed E-state index contributed by atoms with van der Waals surface area (Å²) in [7, 11) is 0. The Morgan fingerprint density at radius 1 is 1.14 bits per heavy atom. The summed E-state index contributed by atoms with van der Waals surface area (Å²) < 4.78 is 5.13. The number of hydrogen-bond acceptors (Lipinski definition) is 3. The average molecular weight is 305 g/mol. The summed E-state index contributed by atoms with van der Waals surface area (Å²) in [5, 5.41) is 2.59. The van der Waals surface area contributed by atoms with Crippen LogP contribution in [0.1, 0.15) is 58.1 Å². The van der Waals surface area contributed by atoms with E-state index >= 15 is 0 Å². The fourth-order valence-electron chi connectivity index (χ4n) is 1.96. The van der Waals surface area contributed by atoms with Crippen LogP contribution in [-0.2, 0) is 20.7 Å². The second-order valence-corrected chi connectivity index (χ2v) is 6.76. The Labute approximate surface area is 133 Å². The lowest BCUT2D eigenvalue weighted by Crippen LogP contribution is -2.34. The number of nitrogens with one attached hydrogen (secondary N) is 1. The Balaban J connectivity index is 2.32. The highest BCUT2D eigenvalue weighted by Gasteiger charge is 2.16. The summed E-state index contributed by atoms with van der Waals surface area (Å²) in [6, 6.07) is 8.30. The maximum absolute atomic E-state index is 11.7. The molecule has 1 aromatic carbocycles. The zero-order chi connectivity index (χ0) is 16.8. The number of hydrogen-bond donors (Lipinski definition) is 1. The highest BCUT2D eigenvalue weighted by Crippen LogP contribution is 2.15. The second-order valence-electron chi connectivity index (χ2n) is 6.76. The van der Waals surface area contributed by atoms with Crippen LogP contribution in [0.4, 0.5) is 0 Å². The molecule has 0 fully saturated rings. The summed E-state index contributed by atoms with van der Waals surface area (Å²) in [6.45, 7) is 9.62. The zero-order valence-electron chi connectivity index (χ0n) is 14.2. The molecule has 0 saturated heterocycles. The van der Waals surface area contributed by atoms with Crippen LogP contribution in [0, 0.1) is 0 Å². The fraction of sp³-hybridized carbons (Fsp3) is 0.556. The van der Waals surface area contributed by atoms with Crippen molar-refractivity contribution in [3.8, 4) is 0 Å². The van der Waals surface area contributed by atoms with Gasteiger partial charge >= 0.3 is 5.97 Å². The van der Waals surface area contributed by atoms with Crippen LogP contribution in [0.5, 0.6) is 0 Å². The lowest BCUT2D eigenvalue weighted by atomic mass is 10.0. The molecule has 0 aromatic heterocycles. The first-order chi connectivity index (χ1) is 10.2. The molecule has 0 radical (unpaired) electrons. The van der Waals surface area contributed by atoms with E-state index in [0.717, 1.165) is 5.56 Å². The van der Waals surface area contributed by atoms with Gasteiger partial charge in [0.15, 0.2) is 0 Å². The molecule has 0 aliphatic carbocycles. The number of rotatable bonds is 6. The predicted octanol–water partition coefficient (Wildman–Crippen LogP) is 3.20. The second kappa shape index (κ2) is 7.97. The zero-order valence-corrected chi connectivity index (χ0v) is 14.2. The van der Waals surface area contributed by atoms with Gasteiger partial charge in [-0.25, -0.2) is 0 Å². The van der Waals surface area contributed by atoms with Crippen molar-refractivity contribution in [2.75, 3.05) is 6.54 Å². The molecule has 1 rings (SSSR count). The molecule has 0 heterocycles. The molecule has 4 nitrogen and oxygen atoms in total. The highest BCUT2D eigenvalue weighted by molar-refractivity contribution is 5.82. The van der Waals surface area contributed by atoms with Crippen LogP contribution < -0.4 is 5.32 Å². The summed E-state index contributed by atoms with van der Waals surface area (Å²) in [6.07, 6.45) is 1.03. The van der Waals surface area contributed by atoms with E-state index in [2.05, 4.69) is 43.4 Å². The first-order valence-corrected chi connectivity index (χ1v) is 7.75. The van der Waals surface area contributed by atoms with E-state index in [1.54, 1.807) is 20.8 Å². The first-order valence-electron chi connectivity index (χ1n) is 7.75. The topological polar surface area (TPSA) is 55.4 Å². The maximum atomic E-state index is 11.7. The van der Waals surface area contributed by atoms with E-state index in [1.807, 2.05) is 0 Å². The Hall–Kier alpha value is -1.84. The monoisotopic (exact) mass is 305 g/mol. The van der Waals surface area contributed by atoms with Gasteiger partial charge in [-0.1, -0.05) is 38.1 Å². The molecule has 0 aliphatic heterocycles. The van der Waals surface area contributed by atoms with Gasteiger partial charge in [0.1, 0.15) is 12.1 Å². The van der Waals surface area contributed by atoms with Crippen molar-refractivity contribution >= 4 is 11.9 Å². The number of amides is 1. The molecule has 0 spiro atoms. The largest absolute Gasteiger partial charge is 0.459 e. The summed E-state index contributed by atoms with van der Waals surface area (Å²) in [4.78, 5) is 23.2. The SMILES string of the molecule is CC(C)c1ccc(CCC(=O)NCC(=O)OC(C)(C)C)cc1. The van der Waals surface area contributed by atoms with Gasteiger partial charge < -0.3 is 10.1 Å². The van der Waals surface area contributed by atoms with E-state index < -0.39 is 11.6 Å². The lowest BCUT2D eigenvalue weighted by molar-refractivity contribution is -0.154. The average Bonchev–Trinajstić information content (AvgIpc) is 2.41. The van der Waals surface area contributed by atoms with Gasteiger partial charge in [-0.2, -0.15) is 0 Å². The molecule has 0 unspecified atom stereocenters. The van der Waals surface area contributed by atoms with Gasteiger partial charge in [0, 0.05) is 6.42 Å². The van der Waals surface area contributed by atoms with Crippen LogP contribution in [-0.4, -0.2) is 24.0 Å². The van der Waals surface area contributed by atoms with Crippen molar-refractivity contribution in [3.05, 3.63) is 35.4 Å². The quantitative estimate of drug-likeness (QED) is 0.821. The Bertz CT molecular complexity index is 498. The Kier molecular flexibility index (Phi) is 6.60. The predicted molar refractivity (Wildman–Crippen MR) is 87.7 cm³/mol. The van der Waals surface area contributed by atoms with Crippen LogP contribution in [0.2, 0.25) is 0 Å². The molecule has 0 aliphatic rings. The van der Waals surface area contributed by atoms with Crippen LogP contribution in [0.15, 0.2) is 24.3 Å². The summed E-state index contributed by atoms with van der Waals surface area (Å²) >= 11 is 0. The normalized spacial score (nSPS) is 11.4. The van der Waals surface area contributed by atoms with Crippen molar-refractivity contribution in [3.63, 3.8) is 0 Å². The molecule has 0 saturated carbocycles. The Morgan fingerprint density at radius 2 is 1.73 bits per heavy atom. The van der Waals surface area contributed by atoms with Gasteiger partial charge in [-0.15, -0.1) is 0 Å². The standard InChI is InChI=1S/C18H27NO3/c1-13(2)15-9-6-14(7-10-15)8-11-16(20)19-12-17(21)22-18(3,4)5/h6-7,9-10,13H,8,11-12H2,1-5H3,(H,19,20). The van der Waals surface area contributed by atoms with Gasteiger partial charge in [0.05, 0.1) is 0 Å². The molecule has 1 aromatic rings. The maximum Gasteiger partial charge on any atom is 0.325 e. The minimum atomic E-state index is -0.528. The van der Waals surface area contributed by atoms with Crippen LogP contribution in [0.3, 0.4) is 0 Å². The minimum absolute atomic E-state index is 0.0810. The summed E-state index contributed by atoms with van der Waals surface area (Å²) in [5.74, 6) is -0.0490.